The van der Waals surface area contributed by atoms with Gasteiger partial charge < -0.3 is 9.64 Å². The Morgan fingerprint density at radius 3 is 2.38 bits per heavy atom. The van der Waals surface area contributed by atoms with E-state index in [1.54, 1.807) is 77.8 Å². The zero-order valence-electron chi connectivity index (χ0n) is 20.8. The first kappa shape index (κ1) is 26.5. The number of sulfonamides is 1. The van der Waals surface area contributed by atoms with Crippen molar-refractivity contribution in [1.82, 2.24) is 14.8 Å². The van der Waals surface area contributed by atoms with Crippen LogP contribution in [0.1, 0.15) is 15.9 Å². The van der Waals surface area contributed by atoms with Gasteiger partial charge in [0.2, 0.25) is 0 Å². The molecule has 1 N–H and O–H groups in total. The van der Waals surface area contributed by atoms with E-state index in [0.29, 0.717) is 60.4 Å². The number of piperazine rings is 1. The van der Waals surface area contributed by atoms with E-state index < -0.39 is 16.6 Å². The number of nitrogens with zero attached hydrogens (tertiary/aromatic N) is 3. The molecule has 1 aromatic heterocycles. The molecule has 3 aromatic carbocycles. The van der Waals surface area contributed by atoms with E-state index in [2.05, 4.69) is 19.3 Å². The van der Waals surface area contributed by atoms with Crippen molar-refractivity contribution < 1.29 is 26.7 Å². The van der Waals surface area contributed by atoms with Gasteiger partial charge in [-0.1, -0.05) is 36.4 Å². The van der Waals surface area contributed by atoms with Gasteiger partial charge in [0.15, 0.2) is 0 Å². The van der Waals surface area contributed by atoms with Gasteiger partial charge in [-0.25, -0.2) is 8.42 Å². The highest BCUT2D eigenvalue weighted by atomic mass is 32.2. The van der Waals surface area contributed by atoms with Gasteiger partial charge in [0.05, 0.1) is 5.52 Å². The predicted molar refractivity (Wildman–Crippen MR) is 143 cm³/mol. The Morgan fingerprint density at radius 2 is 1.64 bits per heavy atom. The van der Waals surface area contributed by atoms with Gasteiger partial charge in [-0.15, -0.1) is 0 Å². The standard InChI is InChI=1S/C28H26F2N4O4S/c29-28(30)38-24-8-2-1-5-22(24)19-33-15-17-34(18-16-33)27(35)21-10-12-23(13-11-21)32-39(36,37)25-9-3-6-20-7-4-14-31-26(20)25/h1-14,28,32H,15-19H2. The number of pyridine rings is 1. The van der Waals surface area contributed by atoms with Crippen LogP contribution in [0.15, 0.2) is 90.0 Å². The Labute approximate surface area is 224 Å². The molecule has 8 nitrogen and oxygen atoms in total. The minimum Gasteiger partial charge on any atom is -0.434 e. The summed E-state index contributed by atoms with van der Waals surface area (Å²) in [5.74, 6) is -0.0119. The first-order valence-electron chi connectivity index (χ1n) is 12.3. The second-order valence-corrected chi connectivity index (χ2v) is 10.7. The zero-order chi connectivity index (χ0) is 27.4. The largest absolute Gasteiger partial charge is 0.434 e. The highest BCUT2D eigenvalue weighted by molar-refractivity contribution is 7.93. The van der Waals surface area contributed by atoms with Gasteiger partial charge >= 0.3 is 6.61 Å². The lowest BCUT2D eigenvalue weighted by Crippen LogP contribution is -2.48. The topological polar surface area (TPSA) is 91.8 Å². The zero-order valence-corrected chi connectivity index (χ0v) is 21.7. The van der Waals surface area contributed by atoms with Crippen molar-refractivity contribution in [3.63, 3.8) is 0 Å². The van der Waals surface area contributed by atoms with Crippen LogP contribution in [0.4, 0.5) is 14.5 Å². The number of anilines is 1. The number of aromatic nitrogens is 1. The van der Waals surface area contributed by atoms with Crippen molar-refractivity contribution in [2.24, 2.45) is 0 Å². The number of carbonyl (C=O) groups is 1. The molecular formula is C28H26F2N4O4S. The van der Waals surface area contributed by atoms with Crippen molar-refractivity contribution in [3.05, 3.63) is 96.2 Å². The molecule has 0 bridgehead atoms. The number of hydrogen-bond acceptors (Lipinski definition) is 6. The first-order valence-corrected chi connectivity index (χ1v) is 13.8. The maximum atomic E-state index is 13.1. The Balaban J connectivity index is 1.20. The number of halogens is 2. The van der Waals surface area contributed by atoms with Crippen LogP contribution >= 0.6 is 0 Å². The van der Waals surface area contributed by atoms with Crippen LogP contribution in [-0.4, -0.2) is 61.9 Å². The number of hydrogen-bond donors (Lipinski definition) is 1. The lowest BCUT2D eigenvalue weighted by atomic mass is 10.1. The van der Waals surface area contributed by atoms with Crippen LogP contribution in [0.5, 0.6) is 5.75 Å². The van der Waals surface area contributed by atoms with Crippen LogP contribution in [0.2, 0.25) is 0 Å². The number of amides is 1. The van der Waals surface area contributed by atoms with E-state index >= 15 is 0 Å². The summed E-state index contributed by atoms with van der Waals surface area (Å²) < 4.78 is 58.7. The van der Waals surface area contributed by atoms with Gasteiger partial charge in [-0.3, -0.25) is 19.4 Å². The lowest BCUT2D eigenvalue weighted by Gasteiger charge is -2.35. The SMILES string of the molecule is O=C(c1ccc(NS(=O)(=O)c2cccc3cccnc23)cc1)N1CCN(Cc2ccccc2OC(F)F)CC1. The maximum absolute atomic E-state index is 13.1. The number of ether oxygens (including phenoxy) is 1. The molecule has 11 heteroatoms. The van der Waals surface area contributed by atoms with Gasteiger partial charge in [-0.2, -0.15) is 8.78 Å². The summed E-state index contributed by atoms with van der Waals surface area (Å²) in [6, 6.07) is 21.5. The number of carbonyl (C=O) groups excluding carboxylic acids is 1. The molecule has 0 spiro atoms. The number of nitrogens with one attached hydrogen (secondary N) is 1. The summed E-state index contributed by atoms with van der Waals surface area (Å²) >= 11 is 0. The summed E-state index contributed by atoms with van der Waals surface area (Å²) in [6.45, 7) is -0.362. The Bertz CT molecular complexity index is 1570. The third-order valence-electron chi connectivity index (χ3n) is 6.51. The van der Waals surface area contributed by atoms with Crippen molar-refractivity contribution in [1.29, 1.82) is 0 Å². The van der Waals surface area contributed by atoms with Crippen LogP contribution < -0.4 is 9.46 Å². The number of para-hydroxylation sites is 2. The monoisotopic (exact) mass is 552 g/mol. The molecule has 1 aliphatic rings. The second kappa shape index (κ2) is 11.3. The fourth-order valence-corrected chi connectivity index (χ4v) is 5.80. The van der Waals surface area contributed by atoms with Gasteiger partial charge in [-0.05, 0) is 42.5 Å². The van der Waals surface area contributed by atoms with E-state index in [0.717, 1.165) is 0 Å². The average molecular weight is 553 g/mol. The highest BCUT2D eigenvalue weighted by Gasteiger charge is 2.24. The molecule has 1 amide bonds. The number of rotatable bonds is 8. The van der Waals surface area contributed by atoms with E-state index in [-0.39, 0.29) is 16.6 Å². The average Bonchev–Trinajstić information content (AvgIpc) is 2.94. The quantitative estimate of drug-likeness (QED) is 0.344. The fourth-order valence-electron chi connectivity index (χ4n) is 4.56. The normalized spacial score (nSPS) is 14.5. The number of fused-ring (bicyclic) bond motifs is 1. The maximum Gasteiger partial charge on any atom is 0.387 e. The van der Waals surface area contributed by atoms with Gasteiger partial charge in [0, 0.05) is 61.1 Å². The molecule has 1 fully saturated rings. The molecule has 0 atom stereocenters. The molecule has 2 heterocycles. The summed E-state index contributed by atoms with van der Waals surface area (Å²) in [6.07, 6.45) is 1.54. The Morgan fingerprint density at radius 1 is 0.923 bits per heavy atom. The minimum absolute atomic E-state index is 0.0713. The summed E-state index contributed by atoms with van der Waals surface area (Å²) in [4.78, 5) is 21.1. The molecule has 0 aliphatic carbocycles. The molecule has 0 radical (unpaired) electrons. The van der Waals surface area contributed by atoms with Crippen molar-refractivity contribution in [2.45, 2.75) is 18.1 Å². The van der Waals surface area contributed by atoms with E-state index in [9.17, 15) is 22.0 Å². The highest BCUT2D eigenvalue weighted by Crippen LogP contribution is 2.25. The minimum atomic E-state index is -3.90. The van der Waals surface area contributed by atoms with Crippen molar-refractivity contribution in [2.75, 3.05) is 30.9 Å². The smallest absolute Gasteiger partial charge is 0.387 e. The Hall–Kier alpha value is -4.09. The Kier molecular flexibility index (Phi) is 7.71. The molecule has 39 heavy (non-hydrogen) atoms. The van der Waals surface area contributed by atoms with Gasteiger partial charge in [0.25, 0.3) is 15.9 Å². The lowest BCUT2D eigenvalue weighted by molar-refractivity contribution is -0.0508. The van der Waals surface area contributed by atoms with Crippen molar-refractivity contribution in [3.8, 4) is 5.75 Å². The van der Waals surface area contributed by atoms with Gasteiger partial charge in [0.1, 0.15) is 10.6 Å². The van der Waals surface area contributed by atoms with Crippen LogP contribution in [0, 0.1) is 0 Å². The fraction of sp³-hybridized carbons (Fsp3) is 0.214. The summed E-state index contributed by atoms with van der Waals surface area (Å²) in [5, 5.41) is 0.715. The third-order valence-corrected chi connectivity index (χ3v) is 7.92. The molecule has 0 unspecified atom stereocenters. The molecular weight excluding hydrogens is 526 g/mol. The molecule has 5 rings (SSSR count). The summed E-state index contributed by atoms with van der Waals surface area (Å²) in [5.41, 5.74) is 1.81. The van der Waals surface area contributed by atoms with Crippen LogP contribution in [0.3, 0.4) is 0 Å². The van der Waals surface area contributed by atoms with E-state index in [1.807, 2.05) is 0 Å². The predicted octanol–water partition coefficient (Wildman–Crippen LogP) is 4.60. The molecule has 4 aromatic rings. The van der Waals surface area contributed by atoms with Crippen molar-refractivity contribution >= 4 is 32.5 Å². The van der Waals surface area contributed by atoms with Crippen LogP contribution in [0.25, 0.3) is 10.9 Å². The molecule has 1 saturated heterocycles. The summed E-state index contributed by atoms with van der Waals surface area (Å²) in [7, 11) is -3.90. The molecule has 0 saturated carbocycles. The second-order valence-electron chi connectivity index (χ2n) is 9.07. The molecule has 1 aliphatic heterocycles. The van der Waals surface area contributed by atoms with Crippen LogP contribution in [-0.2, 0) is 16.6 Å². The van der Waals surface area contributed by atoms with E-state index in [4.69, 9.17) is 0 Å². The first-order chi connectivity index (χ1) is 18.8. The number of alkyl halides is 2. The third kappa shape index (κ3) is 6.15. The molecule has 202 valence electrons. The number of benzene rings is 3. The van der Waals surface area contributed by atoms with E-state index in [1.165, 1.54) is 12.1 Å².